The van der Waals surface area contributed by atoms with Crippen molar-refractivity contribution in [2.45, 2.75) is 38.3 Å². The van der Waals surface area contributed by atoms with Crippen molar-refractivity contribution in [1.29, 1.82) is 0 Å². The molecular weight excluding hydrogens is 278 g/mol. The molecule has 0 aliphatic carbocycles. The second kappa shape index (κ2) is 7.22. The van der Waals surface area contributed by atoms with Gasteiger partial charge < -0.3 is 15.0 Å². The van der Waals surface area contributed by atoms with Crippen LogP contribution in [0.4, 0.5) is 0 Å². The summed E-state index contributed by atoms with van der Waals surface area (Å²) in [5.41, 5.74) is 2.05. The fourth-order valence-corrected chi connectivity index (χ4v) is 2.65. The summed E-state index contributed by atoms with van der Waals surface area (Å²) in [5.74, 6) is 0.817. The van der Waals surface area contributed by atoms with Crippen molar-refractivity contribution in [1.82, 2.24) is 15.3 Å². The van der Waals surface area contributed by atoms with Crippen LogP contribution in [0.2, 0.25) is 0 Å². The molecule has 1 aromatic heterocycles. The van der Waals surface area contributed by atoms with Gasteiger partial charge in [0.15, 0.2) is 0 Å². The second-order valence-corrected chi connectivity index (χ2v) is 5.56. The first-order valence-corrected chi connectivity index (χ1v) is 7.79. The van der Waals surface area contributed by atoms with E-state index in [0.29, 0.717) is 13.0 Å². The van der Waals surface area contributed by atoms with E-state index in [1.165, 1.54) is 0 Å². The molecule has 0 unspecified atom stereocenters. The number of rotatable bonds is 6. The van der Waals surface area contributed by atoms with Crippen LogP contribution in [0.3, 0.4) is 0 Å². The molecule has 3 rings (SSSR count). The van der Waals surface area contributed by atoms with Crippen molar-refractivity contribution in [3.63, 3.8) is 0 Å². The molecule has 0 radical (unpaired) electrons. The molecule has 1 aliphatic rings. The molecule has 1 atom stereocenters. The molecule has 1 fully saturated rings. The van der Waals surface area contributed by atoms with E-state index in [0.717, 1.165) is 43.0 Å². The number of nitrogens with zero attached hydrogens (tertiary/aromatic N) is 1. The number of hydrogen-bond donors (Lipinski definition) is 2. The lowest BCUT2D eigenvalue weighted by Crippen LogP contribution is -2.24. The van der Waals surface area contributed by atoms with Crippen molar-refractivity contribution in [3.05, 3.63) is 42.4 Å². The first-order valence-electron chi connectivity index (χ1n) is 7.79. The van der Waals surface area contributed by atoms with Crippen molar-refractivity contribution in [2.24, 2.45) is 0 Å². The smallest absolute Gasteiger partial charge is 0.220 e. The van der Waals surface area contributed by atoms with Gasteiger partial charge in [-0.2, -0.15) is 0 Å². The van der Waals surface area contributed by atoms with Crippen LogP contribution in [0.15, 0.2) is 36.5 Å². The average Bonchev–Trinajstić information content (AvgIpc) is 3.23. The molecule has 5 nitrogen and oxygen atoms in total. The van der Waals surface area contributed by atoms with Gasteiger partial charge in [-0.25, -0.2) is 4.98 Å². The zero-order chi connectivity index (χ0) is 15.2. The van der Waals surface area contributed by atoms with Crippen LogP contribution in [0.1, 0.15) is 31.5 Å². The fourth-order valence-electron chi connectivity index (χ4n) is 2.65. The fraction of sp³-hybridized carbons (Fsp3) is 0.412. The number of carbonyl (C=O) groups excluding carboxylic acids is 1. The summed E-state index contributed by atoms with van der Waals surface area (Å²) in [6.07, 6.45) is 5.56. The molecule has 0 saturated carbocycles. The van der Waals surface area contributed by atoms with Crippen LogP contribution in [0.5, 0.6) is 0 Å². The summed E-state index contributed by atoms with van der Waals surface area (Å²) in [6, 6.07) is 10.0. The first kappa shape index (κ1) is 14.8. The Bertz CT molecular complexity index is 603. The number of hydrogen-bond acceptors (Lipinski definition) is 3. The number of ether oxygens (including phenoxy) is 1. The van der Waals surface area contributed by atoms with Gasteiger partial charge in [0, 0.05) is 13.0 Å². The minimum atomic E-state index is 0.0492. The summed E-state index contributed by atoms with van der Waals surface area (Å²) in [5, 5.41) is 2.90. The molecule has 116 valence electrons. The number of aromatic nitrogens is 2. The number of nitrogens with one attached hydrogen (secondary N) is 2. The maximum atomic E-state index is 11.8. The minimum absolute atomic E-state index is 0.0492. The lowest BCUT2D eigenvalue weighted by atomic mass is 10.1. The molecule has 1 aliphatic heterocycles. The topological polar surface area (TPSA) is 67.0 Å². The van der Waals surface area contributed by atoms with Gasteiger partial charge in [-0.15, -0.1) is 0 Å². The summed E-state index contributed by atoms with van der Waals surface area (Å²) in [4.78, 5) is 19.4. The summed E-state index contributed by atoms with van der Waals surface area (Å²) in [7, 11) is 0. The molecule has 5 heteroatoms. The Morgan fingerprint density at radius 2 is 2.23 bits per heavy atom. The highest BCUT2D eigenvalue weighted by Gasteiger charge is 2.16. The number of amides is 1. The van der Waals surface area contributed by atoms with Crippen LogP contribution in [0, 0.1) is 0 Å². The third-order valence-corrected chi connectivity index (χ3v) is 3.88. The van der Waals surface area contributed by atoms with Gasteiger partial charge in [-0.05, 0) is 24.8 Å². The molecule has 2 heterocycles. The second-order valence-electron chi connectivity index (χ2n) is 5.56. The largest absolute Gasteiger partial charge is 0.378 e. The van der Waals surface area contributed by atoms with Crippen molar-refractivity contribution >= 4 is 5.91 Å². The first-order chi connectivity index (χ1) is 10.8. The Morgan fingerprint density at radius 1 is 1.36 bits per heavy atom. The number of H-pyrrole nitrogens is 1. The van der Waals surface area contributed by atoms with Gasteiger partial charge in [0.2, 0.25) is 5.91 Å². The highest BCUT2D eigenvalue weighted by molar-refractivity contribution is 5.75. The van der Waals surface area contributed by atoms with Gasteiger partial charge in [-0.3, -0.25) is 4.79 Å². The van der Waals surface area contributed by atoms with Crippen LogP contribution in [0.25, 0.3) is 11.3 Å². The zero-order valence-corrected chi connectivity index (χ0v) is 12.5. The standard InChI is InChI=1S/C17H21N3O2/c21-17(9-8-14-7-4-10-22-14)19-12-16-18-11-15(20-16)13-5-2-1-3-6-13/h1-3,5-6,11,14H,4,7-10,12H2,(H,18,20)(H,19,21)/t14-/m1/s1. The highest BCUT2D eigenvalue weighted by atomic mass is 16.5. The maximum Gasteiger partial charge on any atom is 0.220 e. The highest BCUT2D eigenvalue weighted by Crippen LogP contribution is 2.17. The molecule has 2 N–H and O–H groups in total. The van der Waals surface area contributed by atoms with Crippen molar-refractivity contribution in [2.75, 3.05) is 6.61 Å². The number of imidazole rings is 1. The van der Waals surface area contributed by atoms with Gasteiger partial charge in [-0.1, -0.05) is 30.3 Å². The Hall–Kier alpha value is -2.14. The molecule has 1 aromatic carbocycles. The van der Waals surface area contributed by atoms with E-state index < -0.39 is 0 Å². The zero-order valence-electron chi connectivity index (χ0n) is 12.5. The number of benzene rings is 1. The van der Waals surface area contributed by atoms with E-state index in [-0.39, 0.29) is 12.0 Å². The van der Waals surface area contributed by atoms with Crippen LogP contribution >= 0.6 is 0 Å². The Labute approximate surface area is 130 Å². The Balaban J connectivity index is 1.45. The predicted molar refractivity (Wildman–Crippen MR) is 84.1 cm³/mol. The summed E-state index contributed by atoms with van der Waals surface area (Å²) < 4.78 is 5.52. The SMILES string of the molecule is O=C(CC[C@H]1CCCO1)NCc1ncc(-c2ccccc2)[nH]1. The molecule has 2 aromatic rings. The number of aromatic amines is 1. The van der Waals surface area contributed by atoms with E-state index in [2.05, 4.69) is 15.3 Å². The van der Waals surface area contributed by atoms with Gasteiger partial charge in [0.25, 0.3) is 0 Å². The predicted octanol–water partition coefficient (Wildman–Crippen LogP) is 2.65. The quantitative estimate of drug-likeness (QED) is 0.861. The third kappa shape index (κ3) is 3.95. The van der Waals surface area contributed by atoms with E-state index >= 15 is 0 Å². The summed E-state index contributed by atoms with van der Waals surface area (Å²) in [6.45, 7) is 1.26. The van der Waals surface area contributed by atoms with Crippen molar-refractivity contribution < 1.29 is 9.53 Å². The third-order valence-electron chi connectivity index (χ3n) is 3.88. The van der Waals surface area contributed by atoms with E-state index in [1.54, 1.807) is 6.20 Å². The minimum Gasteiger partial charge on any atom is -0.378 e. The van der Waals surface area contributed by atoms with E-state index in [9.17, 15) is 4.79 Å². The monoisotopic (exact) mass is 299 g/mol. The molecule has 0 bridgehead atoms. The van der Waals surface area contributed by atoms with Gasteiger partial charge >= 0.3 is 0 Å². The lowest BCUT2D eigenvalue weighted by Gasteiger charge is -2.08. The number of carbonyl (C=O) groups is 1. The average molecular weight is 299 g/mol. The normalized spacial score (nSPS) is 17.5. The maximum absolute atomic E-state index is 11.8. The van der Waals surface area contributed by atoms with Gasteiger partial charge in [0.05, 0.1) is 24.5 Å². The molecule has 1 saturated heterocycles. The molecule has 0 spiro atoms. The van der Waals surface area contributed by atoms with Crippen LogP contribution in [-0.2, 0) is 16.1 Å². The molecule has 1 amide bonds. The Morgan fingerprint density at radius 3 is 3.00 bits per heavy atom. The van der Waals surface area contributed by atoms with Gasteiger partial charge in [0.1, 0.15) is 5.82 Å². The van der Waals surface area contributed by atoms with E-state index in [1.807, 2.05) is 30.3 Å². The Kier molecular flexibility index (Phi) is 4.85. The lowest BCUT2D eigenvalue weighted by molar-refractivity contribution is -0.121. The van der Waals surface area contributed by atoms with Crippen LogP contribution < -0.4 is 5.32 Å². The van der Waals surface area contributed by atoms with Crippen molar-refractivity contribution in [3.8, 4) is 11.3 Å². The molecular formula is C17H21N3O2. The van der Waals surface area contributed by atoms with E-state index in [4.69, 9.17) is 4.74 Å². The van der Waals surface area contributed by atoms with Crippen LogP contribution in [-0.4, -0.2) is 28.6 Å². The summed E-state index contributed by atoms with van der Waals surface area (Å²) >= 11 is 0. The molecule has 22 heavy (non-hydrogen) atoms.